The molecule has 0 radical (unpaired) electrons. The zero-order valence-corrected chi connectivity index (χ0v) is 16.7. The molecule has 5 nitrogen and oxygen atoms in total. The minimum Gasteiger partial charge on any atom is -0.395 e. The van der Waals surface area contributed by atoms with Gasteiger partial charge in [-0.25, -0.2) is 0 Å². The van der Waals surface area contributed by atoms with Gasteiger partial charge in [0.15, 0.2) is 0 Å². The van der Waals surface area contributed by atoms with Crippen LogP contribution in [0, 0.1) is 23.2 Å². The fourth-order valence-electron chi connectivity index (χ4n) is 7.40. The van der Waals surface area contributed by atoms with Crippen molar-refractivity contribution in [3.8, 4) is 0 Å². The summed E-state index contributed by atoms with van der Waals surface area (Å²) in [4.78, 5) is 1.95. The molecule has 0 unspecified atom stereocenters. The summed E-state index contributed by atoms with van der Waals surface area (Å²) < 4.78 is 0. The molecule has 4 aliphatic carbocycles. The zero-order valence-electron chi connectivity index (χ0n) is 16.7. The highest BCUT2D eigenvalue weighted by atomic mass is 16.4. The maximum absolute atomic E-state index is 10.1. The molecule has 1 aliphatic heterocycles. The summed E-state index contributed by atoms with van der Waals surface area (Å²) in [7, 11) is 0. The van der Waals surface area contributed by atoms with Gasteiger partial charge in [-0.15, -0.1) is 0 Å². The quantitative estimate of drug-likeness (QED) is 0.483. The molecule has 4 N–H and O–H groups in total. The van der Waals surface area contributed by atoms with E-state index in [0.29, 0.717) is 12.0 Å². The third kappa shape index (κ3) is 4.23. The summed E-state index contributed by atoms with van der Waals surface area (Å²) in [6, 6.07) is -0.463. The average molecular weight is 382 g/mol. The number of rotatable bonds is 8. The summed E-state index contributed by atoms with van der Waals surface area (Å²) in [5.74, 6) is 3.12. The van der Waals surface area contributed by atoms with Crippen LogP contribution in [0.2, 0.25) is 0 Å². The number of unbranched alkanes of at least 4 members (excludes halogenated alkanes) is 3. The predicted molar refractivity (Wildman–Crippen MR) is 104 cm³/mol. The second-order valence-corrected chi connectivity index (χ2v) is 10.4. The number of β-amino-alcohol motifs (C(OH)–C–C–N with tert-alkyl or cyclic N) is 1. The number of aliphatic hydroxyl groups excluding tert-OH is 4. The van der Waals surface area contributed by atoms with Crippen molar-refractivity contribution in [3.63, 3.8) is 0 Å². The molecule has 0 amide bonds. The smallest absolute Gasteiger partial charge is 0.109 e. The standard InChI is InChI=1S/C22H39NO4/c24-14-18-20(26)21(27)19(25)13-23(18)6-4-2-1-3-5-22-10-15-7-16(11-22)9-17(8-15)12-22/h15-21,24-27H,1-14H2/t15?,16?,17?,18-,19-,20+,21+,22?/m0/s1. The lowest BCUT2D eigenvalue weighted by molar-refractivity contribution is -0.145. The molecule has 4 saturated carbocycles. The van der Waals surface area contributed by atoms with E-state index in [0.717, 1.165) is 37.1 Å². The molecule has 156 valence electrons. The highest BCUT2D eigenvalue weighted by molar-refractivity contribution is 5.01. The predicted octanol–water partition coefficient (Wildman–Crippen LogP) is 1.91. The Kier molecular flexibility index (Phi) is 6.15. The first-order valence-electron chi connectivity index (χ1n) is 11.4. The summed E-state index contributed by atoms with van der Waals surface area (Å²) in [5.41, 5.74) is 0.688. The van der Waals surface area contributed by atoms with E-state index in [2.05, 4.69) is 0 Å². The maximum atomic E-state index is 10.1. The van der Waals surface area contributed by atoms with Gasteiger partial charge in [-0.1, -0.05) is 19.3 Å². The fourth-order valence-corrected chi connectivity index (χ4v) is 7.40. The molecule has 5 aliphatic rings. The molecule has 0 spiro atoms. The third-order valence-electron chi connectivity index (χ3n) is 8.28. The Balaban J connectivity index is 1.16. The molecule has 5 rings (SSSR count). The van der Waals surface area contributed by atoms with Gasteiger partial charge < -0.3 is 20.4 Å². The minimum atomic E-state index is -1.15. The molecule has 0 aromatic heterocycles. The van der Waals surface area contributed by atoms with E-state index >= 15 is 0 Å². The first-order valence-corrected chi connectivity index (χ1v) is 11.4. The summed E-state index contributed by atoms with van der Waals surface area (Å²) in [6.45, 7) is 0.914. The largest absolute Gasteiger partial charge is 0.395 e. The van der Waals surface area contributed by atoms with E-state index in [-0.39, 0.29) is 6.61 Å². The molecule has 1 saturated heterocycles. The van der Waals surface area contributed by atoms with Crippen molar-refractivity contribution in [2.45, 2.75) is 95.0 Å². The van der Waals surface area contributed by atoms with Gasteiger partial charge in [-0.2, -0.15) is 0 Å². The zero-order chi connectivity index (χ0) is 19.0. The van der Waals surface area contributed by atoms with Gasteiger partial charge in [-0.05, 0) is 81.1 Å². The van der Waals surface area contributed by atoms with Crippen molar-refractivity contribution in [2.24, 2.45) is 23.2 Å². The first-order chi connectivity index (χ1) is 13.0. The topological polar surface area (TPSA) is 84.2 Å². The number of nitrogens with zero attached hydrogens (tertiary/aromatic N) is 1. The van der Waals surface area contributed by atoms with Gasteiger partial charge in [0.05, 0.1) is 18.8 Å². The summed E-state index contributed by atoms with van der Waals surface area (Å²) in [5, 5.41) is 39.3. The lowest BCUT2D eigenvalue weighted by atomic mass is 9.48. The van der Waals surface area contributed by atoms with Gasteiger partial charge in [0.2, 0.25) is 0 Å². The molecule has 0 aromatic rings. The number of likely N-dealkylation sites (tertiary alicyclic amines) is 1. The molecular weight excluding hydrogens is 342 g/mol. The van der Waals surface area contributed by atoms with E-state index in [4.69, 9.17) is 0 Å². The van der Waals surface area contributed by atoms with Crippen LogP contribution in [0.25, 0.3) is 0 Å². The SMILES string of the molecule is OC[C@H]1[C@@H](O)[C@H](O)[C@@H](O)CN1CCCCCCC12CC3CC(CC(C3)C1)C2. The monoisotopic (exact) mass is 381 g/mol. The second kappa shape index (κ2) is 8.27. The number of piperidine rings is 1. The van der Waals surface area contributed by atoms with Crippen LogP contribution in [0.3, 0.4) is 0 Å². The van der Waals surface area contributed by atoms with Crippen molar-refractivity contribution in [1.29, 1.82) is 0 Å². The summed E-state index contributed by atoms with van der Waals surface area (Å²) >= 11 is 0. The van der Waals surface area contributed by atoms with Crippen LogP contribution in [-0.4, -0.2) is 69.4 Å². The molecule has 5 fully saturated rings. The first kappa shape index (κ1) is 20.1. The lowest BCUT2D eigenvalue weighted by Crippen LogP contribution is -2.62. The van der Waals surface area contributed by atoms with E-state index in [9.17, 15) is 20.4 Å². The Morgan fingerprint density at radius 1 is 0.778 bits per heavy atom. The van der Waals surface area contributed by atoms with Crippen molar-refractivity contribution in [2.75, 3.05) is 19.7 Å². The van der Waals surface area contributed by atoms with Crippen molar-refractivity contribution in [1.82, 2.24) is 4.90 Å². The molecule has 27 heavy (non-hydrogen) atoms. The highest BCUT2D eigenvalue weighted by Crippen LogP contribution is 2.61. The Morgan fingerprint density at radius 3 is 1.96 bits per heavy atom. The van der Waals surface area contributed by atoms with Crippen LogP contribution in [-0.2, 0) is 0 Å². The van der Waals surface area contributed by atoms with Gasteiger partial charge in [0.1, 0.15) is 12.2 Å². The Morgan fingerprint density at radius 2 is 1.37 bits per heavy atom. The Bertz CT molecular complexity index is 463. The van der Waals surface area contributed by atoms with Crippen LogP contribution < -0.4 is 0 Å². The van der Waals surface area contributed by atoms with Crippen LogP contribution in [0.1, 0.15) is 70.6 Å². The fraction of sp³-hybridized carbons (Fsp3) is 1.00. The second-order valence-electron chi connectivity index (χ2n) is 10.4. The molecule has 4 atom stereocenters. The molecule has 5 heteroatoms. The van der Waals surface area contributed by atoms with Crippen LogP contribution in [0.4, 0.5) is 0 Å². The Hall–Kier alpha value is -0.200. The van der Waals surface area contributed by atoms with Gasteiger partial charge in [-0.3, -0.25) is 4.90 Å². The minimum absolute atomic E-state index is 0.184. The van der Waals surface area contributed by atoms with E-state index < -0.39 is 24.4 Å². The Labute approximate surface area is 163 Å². The summed E-state index contributed by atoms with van der Waals surface area (Å²) in [6.07, 6.45) is 12.1. The number of hydrogen-bond donors (Lipinski definition) is 4. The third-order valence-corrected chi connectivity index (χ3v) is 8.28. The number of aliphatic hydroxyl groups is 4. The van der Waals surface area contributed by atoms with E-state index in [1.54, 1.807) is 0 Å². The van der Waals surface area contributed by atoms with Crippen LogP contribution >= 0.6 is 0 Å². The molecule has 0 aromatic carbocycles. The normalized spacial score (nSPS) is 46.9. The lowest BCUT2D eigenvalue weighted by Gasteiger charge is -2.57. The average Bonchev–Trinajstić information content (AvgIpc) is 2.61. The molecular formula is C22H39NO4. The molecule has 1 heterocycles. The molecule has 4 bridgehead atoms. The number of hydrogen-bond acceptors (Lipinski definition) is 5. The van der Waals surface area contributed by atoms with Crippen LogP contribution in [0.5, 0.6) is 0 Å². The van der Waals surface area contributed by atoms with Crippen molar-refractivity contribution in [3.05, 3.63) is 0 Å². The highest BCUT2D eigenvalue weighted by Gasteiger charge is 2.50. The van der Waals surface area contributed by atoms with Crippen molar-refractivity contribution >= 4 is 0 Å². The van der Waals surface area contributed by atoms with Gasteiger partial charge in [0, 0.05) is 6.54 Å². The van der Waals surface area contributed by atoms with E-state index in [1.165, 1.54) is 57.8 Å². The van der Waals surface area contributed by atoms with Gasteiger partial charge >= 0.3 is 0 Å². The maximum Gasteiger partial charge on any atom is 0.109 e. The van der Waals surface area contributed by atoms with E-state index in [1.807, 2.05) is 4.90 Å². The van der Waals surface area contributed by atoms with Gasteiger partial charge in [0.25, 0.3) is 0 Å². The van der Waals surface area contributed by atoms with Crippen LogP contribution in [0.15, 0.2) is 0 Å². The van der Waals surface area contributed by atoms with Crippen molar-refractivity contribution < 1.29 is 20.4 Å².